The van der Waals surface area contributed by atoms with Crippen LogP contribution in [-0.4, -0.2) is 31.8 Å². The van der Waals surface area contributed by atoms with E-state index in [2.05, 4.69) is 5.32 Å². The number of nitrogens with one attached hydrogen (secondary N) is 1. The van der Waals surface area contributed by atoms with Crippen LogP contribution < -0.4 is 14.8 Å². The normalized spacial score (nSPS) is 13.0. The number of carbonyl (C=O) groups is 1. The van der Waals surface area contributed by atoms with Gasteiger partial charge in [0.2, 0.25) is 0 Å². The van der Waals surface area contributed by atoms with Crippen LogP contribution in [0.4, 0.5) is 0 Å². The van der Waals surface area contributed by atoms with E-state index < -0.39 is 5.60 Å². The molecule has 0 radical (unpaired) electrons. The lowest BCUT2D eigenvalue weighted by atomic mass is 9.98. The number of benzene rings is 1. The third-order valence-electron chi connectivity index (χ3n) is 4.02. The molecule has 26 heavy (non-hydrogen) atoms. The molecule has 2 heterocycles. The van der Waals surface area contributed by atoms with Gasteiger partial charge in [-0.1, -0.05) is 6.07 Å². The minimum absolute atomic E-state index is 0.0466. The van der Waals surface area contributed by atoms with Crippen molar-refractivity contribution in [3.63, 3.8) is 0 Å². The molecule has 1 unspecified atom stereocenters. The van der Waals surface area contributed by atoms with Crippen LogP contribution in [0.15, 0.2) is 58.5 Å². The van der Waals surface area contributed by atoms with Crippen molar-refractivity contribution < 1.29 is 23.8 Å². The Balaban J connectivity index is 1.83. The second kappa shape index (κ2) is 7.63. The van der Waals surface area contributed by atoms with E-state index in [0.29, 0.717) is 27.7 Å². The Kier molecular flexibility index (Phi) is 5.29. The highest BCUT2D eigenvalue weighted by Crippen LogP contribution is 2.33. The highest BCUT2D eigenvalue weighted by atomic mass is 32.1. The Labute approximate surface area is 155 Å². The summed E-state index contributed by atoms with van der Waals surface area (Å²) in [5.74, 6) is 0.969. The monoisotopic (exact) mass is 373 g/mol. The summed E-state index contributed by atoms with van der Waals surface area (Å²) in [6.07, 6.45) is 1.49. The van der Waals surface area contributed by atoms with Crippen LogP contribution in [0.25, 0.3) is 0 Å². The van der Waals surface area contributed by atoms with Crippen molar-refractivity contribution in [2.24, 2.45) is 0 Å². The summed E-state index contributed by atoms with van der Waals surface area (Å²) in [4.78, 5) is 13.3. The van der Waals surface area contributed by atoms with Crippen molar-refractivity contribution in [2.45, 2.75) is 5.60 Å². The number of ether oxygens (including phenoxy) is 2. The molecule has 2 aromatic heterocycles. The number of rotatable bonds is 7. The number of aliphatic hydroxyl groups is 1. The highest BCUT2D eigenvalue weighted by Gasteiger charge is 2.36. The predicted octanol–water partition coefficient (Wildman–Crippen LogP) is 3.02. The molecule has 0 aliphatic rings. The third kappa shape index (κ3) is 3.44. The first kappa shape index (κ1) is 18.0. The molecule has 0 bridgehead atoms. The van der Waals surface area contributed by atoms with Crippen molar-refractivity contribution in [3.05, 3.63) is 70.3 Å². The molecule has 6 nitrogen and oxygen atoms in total. The fourth-order valence-electron chi connectivity index (χ4n) is 2.61. The van der Waals surface area contributed by atoms with Crippen molar-refractivity contribution in [3.8, 4) is 11.5 Å². The molecule has 1 atom stereocenters. The number of hydrogen-bond donors (Lipinski definition) is 2. The van der Waals surface area contributed by atoms with Crippen molar-refractivity contribution in [2.75, 3.05) is 20.8 Å². The largest absolute Gasteiger partial charge is 0.497 e. The molecule has 0 aliphatic carbocycles. The second-order valence-corrected chi connectivity index (χ2v) is 6.51. The standard InChI is InChI=1S/C19H19NO5S/c1-23-13-7-8-14(15(11-13)24-2)18(21)20-12-19(22,16-5-3-9-25-16)17-6-4-10-26-17/h3-11,22H,12H2,1-2H3,(H,20,21). The molecule has 3 rings (SSSR count). The molecule has 0 aliphatic heterocycles. The minimum atomic E-state index is -1.45. The minimum Gasteiger partial charge on any atom is -0.497 e. The quantitative estimate of drug-likeness (QED) is 0.665. The number of furan rings is 1. The Morgan fingerprint density at radius 2 is 2.08 bits per heavy atom. The van der Waals surface area contributed by atoms with Crippen LogP contribution in [0.3, 0.4) is 0 Å². The molecule has 0 saturated carbocycles. The Bertz CT molecular complexity index is 824. The van der Waals surface area contributed by atoms with Gasteiger partial charge >= 0.3 is 0 Å². The molecule has 3 aromatic rings. The second-order valence-electron chi connectivity index (χ2n) is 5.56. The first-order chi connectivity index (χ1) is 12.6. The van der Waals surface area contributed by atoms with Crippen molar-refractivity contribution in [1.29, 1.82) is 0 Å². The van der Waals surface area contributed by atoms with E-state index >= 15 is 0 Å². The summed E-state index contributed by atoms with van der Waals surface area (Å²) in [6, 6.07) is 11.9. The SMILES string of the molecule is COc1ccc(C(=O)NCC(O)(c2ccco2)c2cccs2)c(OC)c1. The van der Waals surface area contributed by atoms with Gasteiger partial charge in [-0.05, 0) is 35.7 Å². The lowest BCUT2D eigenvalue weighted by molar-refractivity contribution is 0.0553. The van der Waals surface area contributed by atoms with Crippen LogP contribution in [0.5, 0.6) is 11.5 Å². The van der Waals surface area contributed by atoms with Crippen LogP contribution >= 0.6 is 11.3 Å². The molecule has 2 N–H and O–H groups in total. The summed E-state index contributed by atoms with van der Waals surface area (Å²) in [6.45, 7) is -0.0466. The first-order valence-corrected chi connectivity index (χ1v) is 8.77. The Morgan fingerprint density at radius 3 is 2.69 bits per heavy atom. The van der Waals surface area contributed by atoms with Gasteiger partial charge in [-0.3, -0.25) is 4.79 Å². The van der Waals surface area contributed by atoms with E-state index in [1.165, 1.54) is 24.7 Å². The maximum atomic E-state index is 12.6. The molecular weight excluding hydrogens is 354 g/mol. The summed E-state index contributed by atoms with van der Waals surface area (Å²) < 4.78 is 15.8. The van der Waals surface area contributed by atoms with E-state index in [4.69, 9.17) is 13.9 Å². The summed E-state index contributed by atoms with van der Waals surface area (Å²) in [7, 11) is 3.02. The number of carbonyl (C=O) groups excluding carboxylic acids is 1. The number of amides is 1. The zero-order valence-electron chi connectivity index (χ0n) is 14.4. The predicted molar refractivity (Wildman–Crippen MR) is 97.9 cm³/mol. The summed E-state index contributed by atoms with van der Waals surface area (Å²) >= 11 is 1.39. The molecule has 0 saturated heterocycles. The molecule has 1 aromatic carbocycles. The first-order valence-electron chi connectivity index (χ1n) is 7.89. The van der Waals surface area contributed by atoms with E-state index in [9.17, 15) is 9.90 Å². The fraction of sp³-hybridized carbons (Fsp3) is 0.211. The number of hydrogen-bond acceptors (Lipinski definition) is 6. The van der Waals surface area contributed by atoms with Gasteiger partial charge in [0.25, 0.3) is 5.91 Å². The molecule has 0 fully saturated rings. The zero-order chi connectivity index (χ0) is 18.6. The van der Waals surface area contributed by atoms with Gasteiger partial charge in [-0.2, -0.15) is 0 Å². The van der Waals surface area contributed by atoms with Crippen LogP contribution in [0.1, 0.15) is 21.0 Å². The van der Waals surface area contributed by atoms with Gasteiger partial charge in [-0.25, -0.2) is 0 Å². The molecule has 1 amide bonds. The maximum Gasteiger partial charge on any atom is 0.255 e. The van der Waals surface area contributed by atoms with Gasteiger partial charge in [0, 0.05) is 10.9 Å². The molecule has 0 spiro atoms. The van der Waals surface area contributed by atoms with Gasteiger partial charge in [0.05, 0.1) is 32.6 Å². The zero-order valence-corrected chi connectivity index (χ0v) is 15.2. The Morgan fingerprint density at radius 1 is 1.23 bits per heavy atom. The smallest absolute Gasteiger partial charge is 0.255 e. The average Bonchev–Trinajstić information content (AvgIpc) is 3.39. The van der Waals surface area contributed by atoms with E-state index in [1.807, 2.05) is 11.4 Å². The van der Waals surface area contributed by atoms with E-state index in [0.717, 1.165) is 0 Å². The van der Waals surface area contributed by atoms with Crippen LogP contribution in [0, 0.1) is 0 Å². The van der Waals surface area contributed by atoms with Gasteiger partial charge < -0.3 is 24.3 Å². The van der Waals surface area contributed by atoms with Crippen molar-refractivity contribution in [1.82, 2.24) is 5.32 Å². The van der Waals surface area contributed by atoms with E-state index in [1.54, 1.807) is 43.5 Å². The molecule has 7 heteroatoms. The van der Waals surface area contributed by atoms with Crippen LogP contribution in [0.2, 0.25) is 0 Å². The van der Waals surface area contributed by atoms with Crippen LogP contribution in [-0.2, 0) is 5.60 Å². The summed E-state index contributed by atoms with van der Waals surface area (Å²) in [5, 5.41) is 15.8. The maximum absolute atomic E-state index is 12.6. The number of thiophene rings is 1. The van der Waals surface area contributed by atoms with Gasteiger partial charge in [0.1, 0.15) is 17.3 Å². The average molecular weight is 373 g/mol. The lowest BCUT2D eigenvalue weighted by Crippen LogP contribution is -2.41. The number of methoxy groups -OCH3 is 2. The van der Waals surface area contributed by atoms with E-state index in [-0.39, 0.29) is 12.5 Å². The molecule has 136 valence electrons. The lowest BCUT2D eigenvalue weighted by Gasteiger charge is -2.25. The highest BCUT2D eigenvalue weighted by molar-refractivity contribution is 7.10. The molecular formula is C19H19NO5S. The fourth-order valence-corrected chi connectivity index (χ4v) is 3.44. The van der Waals surface area contributed by atoms with Crippen molar-refractivity contribution >= 4 is 17.2 Å². The third-order valence-corrected chi connectivity index (χ3v) is 5.04. The topological polar surface area (TPSA) is 80.9 Å². The summed E-state index contributed by atoms with van der Waals surface area (Å²) in [5.41, 5.74) is -1.10. The Hall–Kier alpha value is -2.77. The van der Waals surface area contributed by atoms with Gasteiger partial charge in [-0.15, -0.1) is 11.3 Å². The van der Waals surface area contributed by atoms with Gasteiger partial charge in [0.15, 0.2) is 5.60 Å².